The molecule has 0 aromatic heterocycles. The van der Waals surface area contributed by atoms with Gasteiger partial charge in [-0.15, -0.1) is 11.8 Å². The number of ether oxygens (including phenoxy) is 1. The van der Waals surface area contributed by atoms with Crippen LogP contribution in [0.2, 0.25) is 5.02 Å². The van der Waals surface area contributed by atoms with Crippen LogP contribution in [0.25, 0.3) is 0 Å². The van der Waals surface area contributed by atoms with Gasteiger partial charge in [-0.2, -0.15) is 0 Å². The van der Waals surface area contributed by atoms with Crippen LogP contribution in [0.3, 0.4) is 0 Å². The average molecular weight is 413 g/mol. The first-order valence-electron chi connectivity index (χ1n) is 7.04. The SMILES string of the molecule is COc1ccc(Br)cc1[C@H]1SCC(=O)N1c1ccc(C)c(Cl)c1. The monoisotopic (exact) mass is 411 g/mol. The van der Waals surface area contributed by atoms with E-state index in [4.69, 9.17) is 16.3 Å². The second-order valence-corrected chi connectivity index (χ2v) is 7.64. The number of halogens is 2. The Kier molecular flexibility index (Phi) is 4.90. The normalized spacial score (nSPS) is 17.7. The van der Waals surface area contributed by atoms with E-state index in [9.17, 15) is 4.79 Å². The maximum atomic E-state index is 12.4. The second-order valence-electron chi connectivity index (χ2n) is 5.25. The molecule has 3 nitrogen and oxygen atoms in total. The lowest BCUT2D eigenvalue weighted by Crippen LogP contribution is -2.28. The third-order valence-electron chi connectivity index (χ3n) is 3.76. The molecule has 0 aliphatic carbocycles. The first kappa shape index (κ1) is 16.7. The van der Waals surface area contributed by atoms with Crippen LogP contribution in [-0.2, 0) is 4.79 Å². The second kappa shape index (κ2) is 6.75. The first-order valence-corrected chi connectivity index (χ1v) is 9.26. The van der Waals surface area contributed by atoms with Crippen molar-refractivity contribution in [2.45, 2.75) is 12.3 Å². The molecule has 1 atom stereocenters. The summed E-state index contributed by atoms with van der Waals surface area (Å²) in [5.41, 5.74) is 2.77. The number of hydrogen-bond acceptors (Lipinski definition) is 3. The van der Waals surface area contributed by atoms with Gasteiger partial charge in [-0.3, -0.25) is 9.69 Å². The molecular weight excluding hydrogens is 398 g/mol. The van der Waals surface area contributed by atoms with Crippen molar-refractivity contribution in [3.63, 3.8) is 0 Å². The molecule has 1 saturated heterocycles. The van der Waals surface area contributed by atoms with Crippen molar-refractivity contribution in [3.05, 3.63) is 57.0 Å². The number of carbonyl (C=O) groups is 1. The molecule has 23 heavy (non-hydrogen) atoms. The summed E-state index contributed by atoms with van der Waals surface area (Å²) in [4.78, 5) is 14.2. The maximum Gasteiger partial charge on any atom is 0.238 e. The van der Waals surface area contributed by atoms with Gasteiger partial charge >= 0.3 is 0 Å². The number of amides is 1. The van der Waals surface area contributed by atoms with Gasteiger partial charge in [-0.05, 0) is 42.8 Å². The van der Waals surface area contributed by atoms with Crippen LogP contribution in [0.1, 0.15) is 16.5 Å². The molecule has 0 spiro atoms. The largest absolute Gasteiger partial charge is 0.496 e. The number of hydrogen-bond donors (Lipinski definition) is 0. The zero-order chi connectivity index (χ0) is 16.6. The number of thioether (sulfide) groups is 1. The number of methoxy groups -OCH3 is 1. The summed E-state index contributed by atoms with van der Waals surface area (Å²) >= 11 is 11.3. The Morgan fingerprint density at radius 2 is 2.09 bits per heavy atom. The van der Waals surface area contributed by atoms with E-state index in [1.165, 1.54) is 0 Å². The van der Waals surface area contributed by atoms with Gasteiger partial charge in [-0.1, -0.05) is 33.6 Å². The minimum absolute atomic E-state index is 0.0712. The van der Waals surface area contributed by atoms with Crippen molar-refractivity contribution in [2.24, 2.45) is 0 Å². The van der Waals surface area contributed by atoms with Gasteiger partial charge < -0.3 is 4.74 Å². The van der Waals surface area contributed by atoms with E-state index in [1.54, 1.807) is 23.8 Å². The van der Waals surface area contributed by atoms with E-state index >= 15 is 0 Å². The first-order chi connectivity index (χ1) is 11.0. The van der Waals surface area contributed by atoms with E-state index in [2.05, 4.69) is 15.9 Å². The van der Waals surface area contributed by atoms with Crippen molar-refractivity contribution in [2.75, 3.05) is 17.8 Å². The summed E-state index contributed by atoms with van der Waals surface area (Å²) in [6.07, 6.45) is 0. The molecule has 120 valence electrons. The molecule has 1 fully saturated rings. The minimum Gasteiger partial charge on any atom is -0.496 e. The fourth-order valence-corrected chi connectivity index (χ4v) is 4.31. The average Bonchev–Trinajstić information content (AvgIpc) is 2.91. The van der Waals surface area contributed by atoms with Gasteiger partial charge in [-0.25, -0.2) is 0 Å². The predicted octanol–water partition coefficient (Wildman–Crippen LogP) is 5.20. The smallest absolute Gasteiger partial charge is 0.238 e. The minimum atomic E-state index is -0.131. The van der Waals surface area contributed by atoms with Crippen LogP contribution in [0, 0.1) is 6.92 Å². The number of aryl methyl sites for hydroxylation is 1. The van der Waals surface area contributed by atoms with Gasteiger partial charge in [0.1, 0.15) is 11.1 Å². The molecule has 6 heteroatoms. The molecule has 0 N–H and O–H groups in total. The van der Waals surface area contributed by atoms with Crippen molar-refractivity contribution in [1.29, 1.82) is 0 Å². The molecular formula is C17H15BrClNO2S. The Balaban J connectivity index is 2.06. The lowest BCUT2D eigenvalue weighted by Gasteiger charge is -2.26. The standard InChI is InChI=1S/C17H15BrClNO2S/c1-10-3-5-12(8-14(10)19)20-16(21)9-23-17(20)13-7-11(18)4-6-15(13)22-2/h3-8,17H,9H2,1-2H3/t17-/m1/s1. The third-order valence-corrected chi connectivity index (χ3v) is 5.85. The molecule has 0 radical (unpaired) electrons. The highest BCUT2D eigenvalue weighted by Gasteiger charge is 2.36. The zero-order valence-electron chi connectivity index (χ0n) is 12.7. The fourth-order valence-electron chi connectivity index (χ4n) is 2.56. The summed E-state index contributed by atoms with van der Waals surface area (Å²) in [6, 6.07) is 11.5. The molecule has 1 heterocycles. The zero-order valence-corrected chi connectivity index (χ0v) is 15.8. The van der Waals surface area contributed by atoms with Crippen molar-refractivity contribution in [1.82, 2.24) is 0 Å². The Morgan fingerprint density at radius 1 is 1.30 bits per heavy atom. The van der Waals surface area contributed by atoms with Gasteiger partial charge in [0, 0.05) is 20.7 Å². The van der Waals surface area contributed by atoms with E-state index in [0.717, 1.165) is 27.0 Å². The van der Waals surface area contributed by atoms with E-state index in [0.29, 0.717) is 10.8 Å². The number of rotatable bonds is 3. The van der Waals surface area contributed by atoms with Crippen LogP contribution in [-0.4, -0.2) is 18.8 Å². The van der Waals surface area contributed by atoms with Gasteiger partial charge in [0.25, 0.3) is 0 Å². The molecule has 0 unspecified atom stereocenters. The van der Waals surface area contributed by atoms with Crippen LogP contribution >= 0.6 is 39.3 Å². The fraction of sp³-hybridized carbons (Fsp3) is 0.235. The summed E-state index contributed by atoms with van der Waals surface area (Å²) in [5, 5.41) is 0.529. The molecule has 0 saturated carbocycles. The van der Waals surface area contributed by atoms with Crippen molar-refractivity contribution in [3.8, 4) is 5.75 Å². The number of nitrogens with zero attached hydrogens (tertiary/aromatic N) is 1. The lowest BCUT2D eigenvalue weighted by molar-refractivity contribution is -0.115. The summed E-state index contributed by atoms with van der Waals surface area (Å²) in [6.45, 7) is 1.95. The van der Waals surface area contributed by atoms with Crippen LogP contribution in [0.5, 0.6) is 5.75 Å². The van der Waals surface area contributed by atoms with E-state index < -0.39 is 0 Å². The predicted molar refractivity (Wildman–Crippen MR) is 99.6 cm³/mol. The number of benzene rings is 2. The van der Waals surface area contributed by atoms with Crippen LogP contribution in [0.15, 0.2) is 40.9 Å². The van der Waals surface area contributed by atoms with Crippen LogP contribution < -0.4 is 9.64 Å². The molecule has 3 rings (SSSR count). The van der Waals surface area contributed by atoms with E-state index in [1.807, 2.05) is 43.3 Å². The van der Waals surface area contributed by atoms with Gasteiger partial charge in [0.05, 0.1) is 12.9 Å². The topological polar surface area (TPSA) is 29.5 Å². The van der Waals surface area contributed by atoms with Crippen molar-refractivity contribution < 1.29 is 9.53 Å². The maximum absolute atomic E-state index is 12.4. The molecule has 1 amide bonds. The highest BCUT2D eigenvalue weighted by atomic mass is 79.9. The number of anilines is 1. The Bertz CT molecular complexity index is 768. The summed E-state index contributed by atoms with van der Waals surface area (Å²) in [7, 11) is 1.64. The van der Waals surface area contributed by atoms with Crippen molar-refractivity contribution >= 4 is 50.9 Å². The third kappa shape index (κ3) is 3.23. The number of carbonyl (C=O) groups excluding carboxylic acids is 1. The molecule has 1 aliphatic heterocycles. The highest BCUT2D eigenvalue weighted by Crippen LogP contribution is 2.46. The Labute approximate surface area is 153 Å². The summed E-state index contributed by atoms with van der Waals surface area (Å²) in [5.74, 6) is 1.27. The Morgan fingerprint density at radius 3 is 2.78 bits per heavy atom. The van der Waals surface area contributed by atoms with E-state index in [-0.39, 0.29) is 11.3 Å². The summed E-state index contributed by atoms with van der Waals surface area (Å²) < 4.78 is 6.43. The molecule has 1 aliphatic rings. The molecule has 2 aromatic carbocycles. The lowest BCUT2D eigenvalue weighted by atomic mass is 10.1. The van der Waals surface area contributed by atoms with Gasteiger partial charge in [0.15, 0.2) is 0 Å². The molecule has 2 aromatic rings. The Hall–Kier alpha value is -1.17. The van der Waals surface area contributed by atoms with Gasteiger partial charge in [0.2, 0.25) is 5.91 Å². The highest BCUT2D eigenvalue weighted by molar-refractivity contribution is 9.10. The van der Waals surface area contributed by atoms with Crippen LogP contribution in [0.4, 0.5) is 5.69 Å². The quantitative estimate of drug-likeness (QED) is 0.694. The molecule has 0 bridgehead atoms.